The molecule has 0 spiro atoms. The molecule has 0 aromatic carbocycles. The van der Waals surface area contributed by atoms with Gasteiger partial charge in [-0.25, -0.2) is 8.42 Å². The topological polar surface area (TPSA) is 71.4 Å². The fraction of sp³-hybridized carbons (Fsp3) is 0.857. The zero-order valence-electron chi connectivity index (χ0n) is 6.91. The first kappa shape index (κ1) is 9.51. The van der Waals surface area contributed by atoms with Crippen LogP contribution in [0.5, 0.6) is 0 Å². The van der Waals surface area contributed by atoms with E-state index in [0.717, 1.165) is 0 Å². The van der Waals surface area contributed by atoms with E-state index in [1.165, 1.54) is 6.92 Å². The first-order valence-electron chi connectivity index (χ1n) is 3.86. The molecule has 70 valence electrons. The third-order valence-corrected chi connectivity index (χ3v) is 5.03. The van der Waals surface area contributed by atoms with E-state index in [2.05, 4.69) is 0 Å². The van der Waals surface area contributed by atoms with Gasteiger partial charge in [-0.2, -0.15) is 0 Å². The maximum absolute atomic E-state index is 11.4. The SMILES string of the molecule is CC1(C(=O)O)CCCCS1(=O)=O. The summed E-state index contributed by atoms with van der Waals surface area (Å²) in [5, 5.41) is 8.75. The van der Waals surface area contributed by atoms with Crippen LogP contribution in [0.25, 0.3) is 0 Å². The minimum Gasteiger partial charge on any atom is -0.480 e. The normalized spacial score (nSPS) is 34.4. The van der Waals surface area contributed by atoms with Crippen molar-refractivity contribution in [3.8, 4) is 0 Å². The molecule has 0 radical (unpaired) electrons. The summed E-state index contributed by atoms with van der Waals surface area (Å²) in [5.74, 6) is -1.21. The van der Waals surface area contributed by atoms with Crippen LogP contribution < -0.4 is 0 Å². The predicted octanol–water partition coefficient (Wildman–Crippen LogP) is 0.428. The number of hydrogen-bond acceptors (Lipinski definition) is 3. The van der Waals surface area contributed by atoms with Crippen molar-refractivity contribution in [2.24, 2.45) is 0 Å². The van der Waals surface area contributed by atoms with Gasteiger partial charge in [0.15, 0.2) is 14.6 Å². The summed E-state index contributed by atoms with van der Waals surface area (Å²) in [6.07, 6.45) is 1.51. The van der Waals surface area contributed by atoms with Gasteiger partial charge in [-0.3, -0.25) is 4.79 Å². The monoisotopic (exact) mass is 192 g/mol. The molecule has 1 N–H and O–H groups in total. The van der Waals surface area contributed by atoms with Crippen LogP contribution >= 0.6 is 0 Å². The molecule has 0 aliphatic carbocycles. The molecule has 1 rings (SSSR count). The average molecular weight is 192 g/mol. The highest BCUT2D eigenvalue weighted by molar-refractivity contribution is 7.93. The Morgan fingerprint density at radius 3 is 2.33 bits per heavy atom. The van der Waals surface area contributed by atoms with E-state index in [4.69, 9.17) is 5.11 Å². The molecule has 1 heterocycles. The Hall–Kier alpha value is -0.580. The Balaban J connectivity index is 3.09. The van der Waals surface area contributed by atoms with Crippen LogP contribution in [0.1, 0.15) is 26.2 Å². The van der Waals surface area contributed by atoms with E-state index in [9.17, 15) is 13.2 Å². The zero-order valence-corrected chi connectivity index (χ0v) is 7.73. The van der Waals surface area contributed by atoms with Crippen LogP contribution in [0.15, 0.2) is 0 Å². The van der Waals surface area contributed by atoms with Gasteiger partial charge in [-0.15, -0.1) is 0 Å². The van der Waals surface area contributed by atoms with Crippen LogP contribution in [-0.2, 0) is 14.6 Å². The van der Waals surface area contributed by atoms with Crippen molar-refractivity contribution in [3.63, 3.8) is 0 Å². The lowest BCUT2D eigenvalue weighted by molar-refractivity contribution is -0.139. The molecule has 5 heteroatoms. The van der Waals surface area contributed by atoms with E-state index in [1.807, 2.05) is 0 Å². The minimum atomic E-state index is -3.42. The van der Waals surface area contributed by atoms with Crippen molar-refractivity contribution < 1.29 is 18.3 Å². The number of carboxylic acid groups (broad SMARTS) is 1. The van der Waals surface area contributed by atoms with E-state index in [0.29, 0.717) is 12.8 Å². The predicted molar refractivity (Wildman–Crippen MR) is 43.7 cm³/mol. The fourth-order valence-corrected chi connectivity index (χ4v) is 3.13. The van der Waals surface area contributed by atoms with Crippen molar-refractivity contribution in [3.05, 3.63) is 0 Å². The molecular weight excluding hydrogens is 180 g/mol. The molecule has 1 fully saturated rings. The Kier molecular flexibility index (Phi) is 2.16. The smallest absolute Gasteiger partial charge is 0.324 e. The quantitative estimate of drug-likeness (QED) is 0.654. The molecule has 0 aromatic heterocycles. The number of sulfone groups is 1. The van der Waals surface area contributed by atoms with Crippen molar-refractivity contribution in [1.82, 2.24) is 0 Å². The summed E-state index contributed by atoms with van der Waals surface area (Å²) in [4.78, 5) is 10.7. The van der Waals surface area contributed by atoms with E-state index >= 15 is 0 Å². The third-order valence-electron chi connectivity index (χ3n) is 2.46. The second-order valence-corrected chi connectivity index (χ2v) is 5.85. The van der Waals surface area contributed by atoms with Crippen LogP contribution in [0.3, 0.4) is 0 Å². The van der Waals surface area contributed by atoms with Crippen molar-refractivity contribution in [2.45, 2.75) is 30.9 Å². The van der Waals surface area contributed by atoms with E-state index < -0.39 is 20.6 Å². The van der Waals surface area contributed by atoms with Gasteiger partial charge in [0.1, 0.15) is 0 Å². The number of carbonyl (C=O) groups is 1. The van der Waals surface area contributed by atoms with Gasteiger partial charge in [0.2, 0.25) is 0 Å². The third kappa shape index (κ3) is 1.22. The molecule has 1 aliphatic rings. The molecule has 1 saturated heterocycles. The number of aliphatic carboxylic acids is 1. The van der Waals surface area contributed by atoms with Crippen LogP contribution in [0.4, 0.5) is 0 Å². The second kappa shape index (κ2) is 2.73. The highest BCUT2D eigenvalue weighted by Gasteiger charge is 2.47. The summed E-state index contributed by atoms with van der Waals surface area (Å²) in [5.41, 5.74) is 0. The van der Waals surface area contributed by atoms with Crippen molar-refractivity contribution >= 4 is 15.8 Å². The number of rotatable bonds is 1. The van der Waals surface area contributed by atoms with Gasteiger partial charge in [0.25, 0.3) is 0 Å². The standard InChI is InChI=1S/C7H12O4S/c1-7(6(8)9)4-2-3-5-12(7,10)11/h2-5H2,1H3,(H,8,9). The molecule has 0 saturated carbocycles. The first-order chi connectivity index (χ1) is 5.40. The van der Waals surface area contributed by atoms with E-state index in [1.54, 1.807) is 0 Å². The molecule has 12 heavy (non-hydrogen) atoms. The molecule has 0 amide bonds. The number of hydrogen-bond donors (Lipinski definition) is 1. The fourth-order valence-electron chi connectivity index (χ4n) is 1.38. The van der Waals surface area contributed by atoms with Crippen LogP contribution in [0.2, 0.25) is 0 Å². The molecule has 1 atom stereocenters. The maximum atomic E-state index is 11.4. The Bertz CT molecular complexity index is 293. The molecule has 1 unspecified atom stereocenters. The minimum absolute atomic E-state index is 0.00972. The molecule has 0 aromatic rings. The maximum Gasteiger partial charge on any atom is 0.324 e. The average Bonchev–Trinajstić information content (AvgIpc) is 1.95. The Labute approximate surface area is 71.5 Å². The largest absolute Gasteiger partial charge is 0.480 e. The zero-order chi connectivity index (χ0) is 9.41. The van der Waals surface area contributed by atoms with Crippen molar-refractivity contribution in [2.75, 3.05) is 5.75 Å². The first-order valence-corrected chi connectivity index (χ1v) is 5.51. The van der Waals surface area contributed by atoms with Gasteiger partial charge in [-0.05, 0) is 19.8 Å². The van der Waals surface area contributed by atoms with Gasteiger partial charge in [0, 0.05) is 0 Å². The summed E-state index contributed by atoms with van der Waals surface area (Å²) in [6, 6.07) is 0. The van der Waals surface area contributed by atoms with Gasteiger partial charge in [-0.1, -0.05) is 6.42 Å². The molecular formula is C7H12O4S. The van der Waals surface area contributed by atoms with Crippen molar-refractivity contribution in [1.29, 1.82) is 0 Å². The highest BCUT2D eigenvalue weighted by Crippen LogP contribution is 2.30. The van der Waals surface area contributed by atoms with Gasteiger partial charge in [0.05, 0.1) is 5.75 Å². The Morgan fingerprint density at radius 1 is 1.42 bits per heavy atom. The lowest BCUT2D eigenvalue weighted by atomic mass is 10.0. The van der Waals surface area contributed by atoms with E-state index in [-0.39, 0.29) is 12.2 Å². The number of carboxylic acids is 1. The summed E-state index contributed by atoms with van der Waals surface area (Å²) in [7, 11) is -3.42. The second-order valence-electron chi connectivity index (χ2n) is 3.31. The summed E-state index contributed by atoms with van der Waals surface area (Å²) < 4.78 is 21.2. The summed E-state index contributed by atoms with van der Waals surface area (Å²) in [6.45, 7) is 1.30. The highest BCUT2D eigenvalue weighted by atomic mass is 32.2. The van der Waals surface area contributed by atoms with Gasteiger partial charge < -0.3 is 5.11 Å². The van der Waals surface area contributed by atoms with Gasteiger partial charge >= 0.3 is 5.97 Å². The molecule has 4 nitrogen and oxygen atoms in total. The molecule has 0 bridgehead atoms. The molecule has 1 aliphatic heterocycles. The lowest BCUT2D eigenvalue weighted by Gasteiger charge is -2.28. The summed E-state index contributed by atoms with van der Waals surface area (Å²) >= 11 is 0. The van der Waals surface area contributed by atoms with Crippen LogP contribution in [0, 0.1) is 0 Å². The van der Waals surface area contributed by atoms with Crippen LogP contribution in [-0.4, -0.2) is 30.0 Å². The Morgan fingerprint density at radius 2 is 2.00 bits per heavy atom. The lowest BCUT2D eigenvalue weighted by Crippen LogP contribution is -2.47.